The Bertz CT molecular complexity index is 2530. The molecular formula is C49H47NO8S. The van der Waals surface area contributed by atoms with Gasteiger partial charge in [0.1, 0.15) is 24.4 Å². The van der Waals surface area contributed by atoms with Crippen molar-refractivity contribution in [1.82, 2.24) is 3.97 Å². The van der Waals surface area contributed by atoms with E-state index in [0.717, 1.165) is 22.3 Å². The Morgan fingerprint density at radius 1 is 0.610 bits per heavy atom. The lowest BCUT2D eigenvalue weighted by Gasteiger charge is -2.50. The number of aryl methyl sites for hydroxylation is 1. The second-order valence-electron chi connectivity index (χ2n) is 14.7. The van der Waals surface area contributed by atoms with Crippen LogP contribution in [0.25, 0.3) is 10.9 Å². The van der Waals surface area contributed by atoms with Crippen molar-refractivity contribution in [2.45, 2.75) is 68.4 Å². The van der Waals surface area contributed by atoms with Gasteiger partial charge < -0.3 is 28.8 Å². The molecule has 0 amide bonds. The van der Waals surface area contributed by atoms with Crippen LogP contribution in [0, 0.1) is 6.92 Å². The topological polar surface area (TPSA) is 105 Å². The van der Waals surface area contributed by atoms with Gasteiger partial charge in [-0.15, -0.1) is 0 Å². The van der Waals surface area contributed by atoms with Crippen LogP contribution in [0.4, 0.5) is 0 Å². The second kappa shape index (κ2) is 18.2. The summed E-state index contributed by atoms with van der Waals surface area (Å²) < 4.78 is 63.3. The summed E-state index contributed by atoms with van der Waals surface area (Å²) in [6, 6.07) is 52.9. The van der Waals surface area contributed by atoms with Gasteiger partial charge in [-0.1, -0.05) is 152 Å². The lowest BCUT2D eigenvalue weighted by atomic mass is 9.87. The number of aromatic nitrogens is 1. The van der Waals surface area contributed by atoms with E-state index in [-0.39, 0.29) is 36.9 Å². The van der Waals surface area contributed by atoms with E-state index in [2.05, 4.69) is 0 Å². The lowest BCUT2D eigenvalue weighted by Crippen LogP contribution is -2.65. The highest BCUT2D eigenvalue weighted by Gasteiger charge is 2.57. The molecule has 1 saturated heterocycles. The molecule has 0 spiro atoms. The summed E-state index contributed by atoms with van der Waals surface area (Å²) in [7, 11) is -4.02. The van der Waals surface area contributed by atoms with Gasteiger partial charge in [-0.2, -0.15) is 0 Å². The van der Waals surface area contributed by atoms with Crippen molar-refractivity contribution < 1.29 is 37.2 Å². The van der Waals surface area contributed by atoms with Gasteiger partial charge in [0.25, 0.3) is 10.0 Å². The Kier molecular flexibility index (Phi) is 12.5. The second-order valence-corrected chi connectivity index (χ2v) is 16.5. The minimum atomic E-state index is -4.02. The van der Waals surface area contributed by atoms with Crippen molar-refractivity contribution in [3.8, 4) is 0 Å². The fourth-order valence-corrected chi connectivity index (χ4v) is 9.15. The van der Waals surface area contributed by atoms with E-state index in [1.807, 2.05) is 121 Å². The van der Waals surface area contributed by atoms with E-state index in [1.165, 1.54) is 10.2 Å². The summed E-state index contributed by atoms with van der Waals surface area (Å²) in [5, 5.41) is 14.0. The van der Waals surface area contributed by atoms with Gasteiger partial charge in [-0.3, -0.25) is 0 Å². The number of ether oxygens (including phenoxy) is 5. The van der Waals surface area contributed by atoms with Crippen LogP contribution in [0.5, 0.6) is 0 Å². The Balaban J connectivity index is 1.24. The first kappa shape index (κ1) is 40.4. The third-order valence-electron chi connectivity index (χ3n) is 10.6. The largest absolute Gasteiger partial charge is 0.374 e. The maximum absolute atomic E-state index is 14.2. The molecule has 59 heavy (non-hydrogen) atoms. The highest BCUT2D eigenvalue weighted by molar-refractivity contribution is 7.90. The van der Waals surface area contributed by atoms with Crippen LogP contribution in [-0.2, 0) is 65.9 Å². The van der Waals surface area contributed by atoms with Gasteiger partial charge in [0.2, 0.25) is 5.79 Å². The first-order valence-electron chi connectivity index (χ1n) is 19.7. The zero-order valence-corrected chi connectivity index (χ0v) is 33.6. The predicted molar refractivity (Wildman–Crippen MR) is 226 cm³/mol. The summed E-state index contributed by atoms with van der Waals surface area (Å²) in [6.45, 7) is 2.63. The number of hydrogen-bond donors (Lipinski definition) is 1. The van der Waals surface area contributed by atoms with Gasteiger partial charge >= 0.3 is 0 Å². The van der Waals surface area contributed by atoms with Gasteiger partial charge in [0, 0.05) is 17.1 Å². The third kappa shape index (κ3) is 9.10. The molecule has 5 atom stereocenters. The molecule has 0 aliphatic carbocycles. The first-order valence-corrected chi connectivity index (χ1v) is 21.1. The molecular weight excluding hydrogens is 763 g/mol. The van der Waals surface area contributed by atoms with Crippen LogP contribution in [0.1, 0.15) is 33.4 Å². The fraction of sp³-hybridized carbons (Fsp3) is 0.224. The minimum Gasteiger partial charge on any atom is -0.374 e. The summed E-state index contributed by atoms with van der Waals surface area (Å²) >= 11 is 0. The number of rotatable bonds is 16. The maximum Gasteiger partial charge on any atom is 0.268 e. The van der Waals surface area contributed by atoms with Gasteiger partial charge in [-0.05, 0) is 52.9 Å². The Morgan fingerprint density at radius 3 is 1.69 bits per heavy atom. The molecule has 1 N–H and O–H groups in total. The standard InChI is InChI=1S/C49H47NO8S/c1-36-16-14-15-25-45(36)59(52,53)50-29-28-41-26-27-42(30-43(41)50)49(51)48(57-34-40-23-12-5-13-24-40)47(56-33-39-21-10-4-11-22-39)46(55-32-38-19-8-3-9-20-38)44(58-49)35-54-31-37-17-6-2-7-18-37/h2-30,44,46-48,51H,31-35H2,1H3/t44-,46-,47+,48-,49?/m1/s1. The number of aliphatic hydroxyl groups is 1. The van der Waals surface area contributed by atoms with Crippen molar-refractivity contribution in [3.63, 3.8) is 0 Å². The average molecular weight is 810 g/mol. The van der Waals surface area contributed by atoms with Crippen LogP contribution >= 0.6 is 0 Å². The zero-order valence-electron chi connectivity index (χ0n) is 32.7. The SMILES string of the molecule is Cc1ccccc1S(=O)(=O)n1ccc2ccc(C3(O)O[C@H](COCc4ccccc4)[C@@H](OCc4ccccc4)[C@H](OCc4ccccc4)[C@H]3OCc3ccccc3)cc21. The van der Waals surface area contributed by atoms with Crippen molar-refractivity contribution >= 4 is 20.9 Å². The molecule has 1 aliphatic heterocycles. The van der Waals surface area contributed by atoms with E-state index in [4.69, 9.17) is 23.7 Å². The van der Waals surface area contributed by atoms with E-state index in [0.29, 0.717) is 23.1 Å². The van der Waals surface area contributed by atoms with E-state index in [1.54, 1.807) is 55.5 Å². The summed E-state index contributed by atoms with van der Waals surface area (Å²) in [6.07, 6.45) is -2.21. The predicted octanol–water partition coefficient (Wildman–Crippen LogP) is 8.70. The molecule has 1 aliphatic rings. The molecule has 0 radical (unpaired) electrons. The molecule has 1 aromatic heterocycles. The normalized spacial score (nSPS) is 20.8. The van der Waals surface area contributed by atoms with Gasteiger partial charge in [-0.25, -0.2) is 12.4 Å². The quantitative estimate of drug-likeness (QED) is 0.103. The molecule has 302 valence electrons. The number of hydrogen-bond acceptors (Lipinski definition) is 8. The van der Waals surface area contributed by atoms with Crippen LogP contribution < -0.4 is 0 Å². The average Bonchev–Trinajstić information content (AvgIpc) is 3.71. The number of benzene rings is 6. The van der Waals surface area contributed by atoms with Crippen molar-refractivity contribution in [2.75, 3.05) is 6.61 Å². The Morgan fingerprint density at radius 2 is 1.12 bits per heavy atom. The number of fused-ring (bicyclic) bond motifs is 1. The molecule has 7 aromatic rings. The molecule has 1 unspecified atom stereocenters. The van der Waals surface area contributed by atoms with E-state index >= 15 is 0 Å². The fourth-order valence-electron chi connectivity index (χ4n) is 7.57. The summed E-state index contributed by atoms with van der Waals surface area (Å²) in [4.78, 5) is 0.183. The van der Waals surface area contributed by atoms with Gasteiger partial charge in [0.15, 0.2) is 0 Å². The highest BCUT2D eigenvalue weighted by atomic mass is 32.2. The molecule has 0 saturated carbocycles. The van der Waals surface area contributed by atoms with Crippen LogP contribution in [0.3, 0.4) is 0 Å². The molecule has 10 heteroatoms. The minimum absolute atomic E-state index is 0.0353. The summed E-state index contributed by atoms with van der Waals surface area (Å²) in [5.41, 5.74) is 4.98. The highest BCUT2D eigenvalue weighted by Crippen LogP contribution is 2.43. The molecule has 6 aromatic carbocycles. The molecule has 1 fully saturated rings. The monoisotopic (exact) mass is 809 g/mol. The third-order valence-corrected chi connectivity index (χ3v) is 12.5. The Hall–Kier alpha value is -5.43. The summed E-state index contributed by atoms with van der Waals surface area (Å²) in [5.74, 6) is -2.18. The van der Waals surface area contributed by atoms with Crippen molar-refractivity contribution in [2.24, 2.45) is 0 Å². The van der Waals surface area contributed by atoms with Crippen LogP contribution in [0.15, 0.2) is 181 Å². The lowest BCUT2D eigenvalue weighted by molar-refractivity contribution is -0.378. The first-order chi connectivity index (χ1) is 28.8. The van der Waals surface area contributed by atoms with Crippen LogP contribution in [0.2, 0.25) is 0 Å². The number of nitrogens with zero attached hydrogens (tertiary/aromatic N) is 1. The molecule has 0 bridgehead atoms. The van der Waals surface area contributed by atoms with Crippen molar-refractivity contribution in [1.29, 1.82) is 0 Å². The van der Waals surface area contributed by atoms with Crippen molar-refractivity contribution in [3.05, 3.63) is 209 Å². The Labute approximate surface area is 345 Å². The smallest absolute Gasteiger partial charge is 0.268 e. The van der Waals surface area contributed by atoms with E-state index in [9.17, 15) is 13.5 Å². The van der Waals surface area contributed by atoms with Gasteiger partial charge in [0.05, 0.1) is 43.4 Å². The maximum atomic E-state index is 14.2. The van der Waals surface area contributed by atoms with Crippen LogP contribution in [-0.4, -0.2) is 48.5 Å². The van der Waals surface area contributed by atoms with E-state index < -0.39 is 40.2 Å². The molecule has 9 nitrogen and oxygen atoms in total. The zero-order chi connectivity index (χ0) is 40.7. The molecule has 2 heterocycles. The molecule has 8 rings (SSSR count).